The van der Waals surface area contributed by atoms with Gasteiger partial charge in [0.05, 0.1) is 21.7 Å². The van der Waals surface area contributed by atoms with Gasteiger partial charge in [0, 0.05) is 74.7 Å². The maximum absolute atomic E-state index is 13.3. The Morgan fingerprint density at radius 3 is 2.14 bits per heavy atom. The number of amides is 5. The fourth-order valence-corrected chi connectivity index (χ4v) is 10.0. The minimum atomic E-state index is -0.959. The van der Waals surface area contributed by atoms with Crippen LogP contribution in [0.1, 0.15) is 105 Å². The first-order valence-corrected chi connectivity index (χ1v) is 20.3. The number of nitrogens with zero attached hydrogens (tertiary/aromatic N) is 5. The maximum Gasteiger partial charge on any atom is 0.262 e. The van der Waals surface area contributed by atoms with Gasteiger partial charge in [0.15, 0.2) is 0 Å². The summed E-state index contributed by atoms with van der Waals surface area (Å²) in [4.78, 5) is 72.1. The van der Waals surface area contributed by atoms with Gasteiger partial charge in [-0.15, -0.1) is 0 Å². The van der Waals surface area contributed by atoms with Gasteiger partial charge in [-0.2, -0.15) is 5.26 Å². The van der Waals surface area contributed by atoms with Gasteiger partial charge in [0.2, 0.25) is 11.8 Å². The summed E-state index contributed by atoms with van der Waals surface area (Å²) in [7, 11) is 0. The van der Waals surface area contributed by atoms with Gasteiger partial charge in [-0.25, -0.2) is 0 Å². The van der Waals surface area contributed by atoms with Crippen LogP contribution in [-0.2, 0) is 29.1 Å². The van der Waals surface area contributed by atoms with E-state index in [-0.39, 0.29) is 30.7 Å². The zero-order chi connectivity index (χ0) is 38.7. The Hall–Kier alpha value is -5.25. The first kappa shape index (κ1) is 36.4. The van der Waals surface area contributed by atoms with Crippen molar-refractivity contribution in [1.29, 1.82) is 5.26 Å². The molecule has 2 N–H and O–H groups in total. The summed E-state index contributed by atoms with van der Waals surface area (Å²) in [6.45, 7) is 5.15. The Bertz CT molecular complexity index is 2140. The molecule has 3 aromatic rings. The molecule has 1 unspecified atom stereocenters. The SMILES string of the molecule is N#Cc1cc2c(cc1Cl)N(C1CCC(NC(=O)c3ccc(N4CCC(CN5Cc6cc7c(cc6C5)C(=O)N(C5CCC(=O)NC5=O)C7=O)CC4)cc3)CC1)CC2. The number of rotatable bonds is 7. The molecule has 0 aromatic heterocycles. The van der Waals surface area contributed by atoms with E-state index in [1.54, 1.807) is 0 Å². The molecule has 3 aromatic carbocycles. The number of carbonyl (C=O) groups excluding carboxylic acids is 5. The summed E-state index contributed by atoms with van der Waals surface area (Å²) in [5, 5.41) is 15.4. The fourth-order valence-electron chi connectivity index (χ4n) is 9.83. The highest BCUT2D eigenvalue weighted by molar-refractivity contribution is 6.32. The first-order valence-electron chi connectivity index (χ1n) is 19.9. The third kappa shape index (κ3) is 6.71. The molecule has 13 heteroatoms. The highest BCUT2D eigenvalue weighted by atomic mass is 35.5. The highest BCUT2D eigenvalue weighted by Crippen LogP contribution is 2.38. The molecule has 5 aliphatic heterocycles. The molecule has 288 valence electrons. The van der Waals surface area contributed by atoms with Crippen molar-refractivity contribution in [2.45, 2.75) is 89.0 Å². The van der Waals surface area contributed by atoms with Crippen molar-refractivity contribution in [3.8, 4) is 6.07 Å². The van der Waals surface area contributed by atoms with Crippen molar-refractivity contribution in [3.63, 3.8) is 0 Å². The summed E-state index contributed by atoms with van der Waals surface area (Å²) in [6.07, 6.45) is 7.11. The van der Waals surface area contributed by atoms with Crippen molar-refractivity contribution in [3.05, 3.63) is 92.5 Å². The van der Waals surface area contributed by atoms with E-state index in [9.17, 15) is 29.2 Å². The molecule has 3 fully saturated rings. The van der Waals surface area contributed by atoms with Crippen molar-refractivity contribution in [2.75, 3.05) is 36.0 Å². The minimum Gasteiger partial charge on any atom is -0.372 e. The van der Waals surface area contributed by atoms with Crippen LogP contribution in [-0.4, -0.2) is 83.6 Å². The monoisotopic (exact) mass is 773 g/mol. The molecule has 2 saturated heterocycles. The second-order valence-corrected chi connectivity index (χ2v) is 16.7. The predicted octanol–water partition coefficient (Wildman–Crippen LogP) is 4.95. The zero-order valence-electron chi connectivity index (χ0n) is 31.2. The van der Waals surface area contributed by atoms with Crippen LogP contribution >= 0.6 is 11.6 Å². The van der Waals surface area contributed by atoms with Crippen LogP contribution in [0.4, 0.5) is 11.4 Å². The number of benzene rings is 3. The number of carbonyl (C=O) groups is 5. The highest BCUT2D eigenvalue weighted by Gasteiger charge is 2.45. The van der Waals surface area contributed by atoms with Gasteiger partial charge in [-0.3, -0.25) is 39.1 Å². The molecule has 1 aliphatic carbocycles. The zero-order valence-corrected chi connectivity index (χ0v) is 31.9. The smallest absolute Gasteiger partial charge is 0.262 e. The van der Waals surface area contributed by atoms with E-state index < -0.39 is 23.8 Å². The quantitative estimate of drug-likeness (QED) is 0.319. The number of imide groups is 2. The third-order valence-electron chi connectivity index (χ3n) is 12.9. The number of fused-ring (bicyclic) bond motifs is 3. The Labute approximate surface area is 330 Å². The van der Waals surface area contributed by atoms with E-state index in [1.807, 2.05) is 36.4 Å². The lowest BCUT2D eigenvalue weighted by molar-refractivity contribution is -0.136. The van der Waals surface area contributed by atoms with E-state index in [2.05, 4.69) is 43.5 Å². The van der Waals surface area contributed by atoms with Gasteiger partial charge in [-0.05, 0) is 123 Å². The summed E-state index contributed by atoms with van der Waals surface area (Å²) in [5.41, 5.74) is 7.44. The molecular weight excluding hydrogens is 730 g/mol. The van der Waals surface area contributed by atoms with Crippen molar-refractivity contribution >= 4 is 52.5 Å². The van der Waals surface area contributed by atoms with Crippen LogP contribution in [0.15, 0.2) is 48.5 Å². The molecule has 0 bridgehead atoms. The molecular formula is C43H44ClN7O5. The van der Waals surface area contributed by atoms with Gasteiger partial charge >= 0.3 is 0 Å². The van der Waals surface area contributed by atoms with Gasteiger partial charge < -0.3 is 15.1 Å². The van der Waals surface area contributed by atoms with Crippen molar-refractivity contribution in [1.82, 2.24) is 20.4 Å². The predicted molar refractivity (Wildman–Crippen MR) is 209 cm³/mol. The Balaban J connectivity index is 0.729. The molecule has 5 heterocycles. The average molecular weight is 774 g/mol. The van der Waals surface area contributed by atoms with E-state index in [1.165, 1.54) is 5.56 Å². The van der Waals surface area contributed by atoms with E-state index in [4.69, 9.17) is 11.6 Å². The molecule has 9 rings (SSSR count). The van der Waals surface area contributed by atoms with Gasteiger partial charge in [-0.1, -0.05) is 11.6 Å². The molecule has 56 heavy (non-hydrogen) atoms. The van der Waals surface area contributed by atoms with Gasteiger partial charge in [0.1, 0.15) is 12.1 Å². The summed E-state index contributed by atoms with van der Waals surface area (Å²) in [6, 6.07) is 17.3. The molecule has 1 atom stereocenters. The first-order chi connectivity index (χ1) is 27.1. The molecule has 5 amide bonds. The lowest BCUT2D eigenvalue weighted by Gasteiger charge is -2.36. The lowest BCUT2D eigenvalue weighted by atomic mass is 9.90. The number of hydrogen-bond acceptors (Lipinski definition) is 9. The Morgan fingerprint density at radius 2 is 1.50 bits per heavy atom. The lowest BCUT2D eigenvalue weighted by Crippen LogP contribution is -2.54. The van der Waals surface area contributed by atoms with Gasteiger partial charge in [0.25, 0.3) is 17.7 Å². The molecule has 12 nitrogen and oxygen atoms in total. The second-order valence-electron chi connectivity index (χ2n) is 16.3. The van der Waals surface area contributed by atoms with Crippen LogP contribution in [0, 0.1) is 17.2 Å². The molecule has 0 radical (unpaired) electrons. The molecule has 0 spiro atoms. The van der Waals surface area contributed by atoms with Crippen LogP contribution in [0.3, 0.4) is 0 Å². The number of piperidine rings is 2. The van der Waals surface area contributed by atoms with Crippen LogP contribution < -0.4 is 20.4 Å². The van der Waals surface area contributed by atoms with E-state index in [0.29, 0.717) is 52.3 Å². The van der Waals surface area contributed by atoms with Crippen LogP contribution in [0.2, 0.25) is 5.02 Å². The number of nitriles is 1. The Morgan fingerprint density at radius 1 is 0.821 bits per heavy atom. The average Bonchev–Trinajstić information content (AvgIpc) is 3.87. The third-order valence-corrected chi connectivity index (χ3v) is 13.2. The van der Waals surface area contributed by atoms with Crippen LogP contribution in [0.25, 0.3) is 0 Å². The maximum atomic E-state index is 13.3. The van der Waals surface area contributed by atoms with E-state index >= 15 is 0 Å². The van der Waals surface area contributed by atoms with E-state index in [0.717, 1.165) is 98.5 Å². The number of nitrogens with one attached hydrogen (secondary N) is 2. The second kappa shape index (κ2) is 14.7. The van der Waals surface area contributed by atoms with Crippen LogP contribution in [0.5, 0.6) is 0 Å². The standard InChI is InChI=1S/C43H44ClN7O5/c44-36-20-38-27(17-28(36)21-45)13-16-50(38)33-7-3-31(4-8-33)46-40(53)26-1-5-32(6-2-26)49-14-11-25(12-15-49)22-48-23-29-18-34-35(19-30(29)24-48)43(56)51(42(34)55)37-9-10-39(52)47-41(37)54/h1-2,5-6,17-20,25,31,33,37H,3-4,7-16,22-24H2,(H,46,53)(H,47,52,54). The van der Waals surface area contributed by atoms with Crippen molar-refractivity contribution in [2.24, 2.45) is 5.92 Å². The summed E-state index contributed by atoms with van der Waals surface area (Å²) >= 11 is 6.37. The normalized spacial score (nSPS) is 23.9. The largest absolute Gasteiger partial charge is 0.372 e. The summed E-state index contributed by atoms with van der Waals surface area (Å²) in [5.74, 6) is -1.42. The number of halogens is 1. The minimum absolute atomic E-state index is 0.0294. The number of hydrogen-bond donors (Lipinski definition) is 2. The topological polar surface area (TPSA) is 146 Å². The summed E-state index contributed by atoms with van der Waals surface area (Å²) < 4.78 is 0. The number of anilines is 2. The van der Waals surface area contributed by atoms with Crippen molar-refractivity contribution < 1.29 is 24.0 Å². The molecule has 6 aliphatic rings. The fraction of sp³-hybridized carbons (Fsp3) is 0.442. The molecule has 1 saturated carbocycles. The Kier molecular flexibility index (Phi) is 9.54.